The number of nitrogens with zero attached hydrogens (tertiary/aromatic N) is 2. The van der Waals surface area contributed by atoms with E-state index in [0.717, 1.165) is 26.1 Å². The van der Waals surface area contributed by atoms with Crippen molar-refractivity contribution in [3.63, 3.8) is 0 Å². The lowest BCUT2D eigenvalue weighted by molar-refractivity contribution is 0.0119. The van der Waals surface area contributed by atoms with Crippen LogP contribution in [0.15, 0.2) is 24.3 Å². The number of hydrogen-bond donors (Lipinski definition) is 2. The molecule has 2 fully saturated rings. The maximum absolute atomic E-state index is 12.7. The Labute approximate surface area is 150 Å². The second kappa shape index (κ2) is 5.99. The van der Waals surface area contributed by atoms with Crippen molar-refractivity contribution in [1.29, 1.82) is 0 Å². The van der Waals surface area contributed by atoms with Gasteiger partial charge in [-0.2, -0.15) is 0 Å². The van der Waals surface area contributed by atoms with Crippen LogP contribution in [0.25, 0.3) is 0 Å². The van der Waals surface area contributed by atoms with Gasteiger partial charge in [0.25, 0.3) is 0 Å². The van der Waals surface area contributed by atoms with Gasteiger partial charge >= 0.3 is 6.03 Å². The summed E-state index contributed by atoms with van der Waals surface area (Å²) in [6.07, 6.45) is 1.10. The van der Waals surface area contributed by atoms with E-state index < -0.39 is 5.60 Å². The minimum absolute atomic E-state index is 0.0762. The van der Waals surface area contributed by atoms with Gasteiger partial charge in [0.1, 0.15) is 0 Å². The van der Waals surface area contributed by atoms with Crippen molar-refractivity contribution in [3.8, 4) is 0 Å². The van der Waals surface area contributed by atoms with Crippen molar-refractivity contribution in [2.24, 2.45) is 5.92 Å². The van der Waals surface area contributed by atoms with E-state index in [1.165, 1.54) is 11.1 Å². The normalized spacial score (nSPS) is 31.4. The molecule has 0 spiro atoms. The van der Waals surface area contributed by atoms with Crippen molar-refractivity contribution in [2.45, 2.75) is 50.8 Å². The fourth-order valence-corrected chi connectivity index (χ4v) is 4.80. The summed E-state index contributed by atoms with van der Waals surface area (Å²) in [7, 11) is 0. The molecular weight excluding hydrogens is 314 g/mol. The van der Waals surface area contributed by atoms with E-state index >= 15 is 0 Å². The number of β-amino-alcohol motifs (C(OH)–C–C–N with tert-alkyl or cyclic N) is 1. The minimum Gasteiger partial charge on any atom is -0.389 e. The standard InChI is InChI=1S/C20H29N3O2/c1-13-11-22(12-20(2,3)25)8-9-23(13)19(24)21-18-16-10-14-6-4-5-7-15(14)17(16)18/h4-7,13,16-18,25H,8-12H2,1-3H3,(H,21,24)/t13-,16-,17-,18-/m1/s1. The van der Waals surface area contributed by atoms with Crippen LogP contribution in [-0.2, 0) is 6.42 Å². The summed E-state index contributed by atoms with van der Waals surface area (Å²) >= 11 is 0. The molecular formula is C20H29N3O2. The van der Waals surface area contributed by atoms with Gasteiger partial charge < -0.3 is 15.3 Å². The Morgan fingerprint density at radius 3 is 2.80 bits per heavy atom. The van der Waals surface area contributed by atoms with Gasteiger partial charge in [-0.05, 0) is 44.2 Å². The van der Waals surface area contributed by atoms with Crippen LogP contribution in [0.5, 0.6) is 0 Å². The van der Waals surface area contributed by atoms with E-state index in [1.807, 2.05) is 18.7 Å². The lowest BCUT2D eigenvalue weighted by atomic mass is 10.1. The lowest BCUT2D eigenvalue weighted by Gasteiger charge is -2.41. The third-order valence-electron chi connectivity index (χ3n) is 5.91. The van der Waals surface area contributed by atoms with Crippen LogP contribution >= 0.6 is 0 Å². The molecule has 3 aliphatic rings. The zero-order valence-electron chi connectivity index (χ0n) is 15.4. The molecule has 2 amide bonds. The topological polar surface area (TPSA) is 55.8 Å². The number of aliphatic hydroxyl groups is 1. The van der Waals surface area contributed by atoms with E-state index in [-0.39, 0.29) is 12.1 Å². The second-order valence-corrected chi connectivity index (χ2v) is 8.66. The van der Waals surface area contributed by atoms with Crippen molar-refractivity contribution in [3.05, 3.63) is 35.4 Å². The fraction of sp³-hybridized carbons (Fsp3) is 0.650. The number of carbonyl (C=O) groups is 1. The molecule has 25 heavy (non-hydrogen) atoms. The SMILES string of the molecule is C[C@@H]1CN(CC(C)(C)O)CCN1C(=O)N[C@@H]1[C@@H]2Cc3ccccc3[C@H]21. The number of urea groups is 1. The van der Waals surface area contributed by atoms with Gasteiger partial charge in [-0.1, -0.05) is 24.3 Å². The van der Waals surface area contributed by atoms with Crippen molar-refractivity contribution in [2.75, 3.05) is 26.2 Å². The Morgan fingerprint density at radius 2 is 2.08 bits per heavy atom. The van der Waals surface area contributed by atoms with Gasteiger partial charge in [-0.15, -0.1) is 0 Å². The number of fused-ring (bicyclic) bond motifs is 3. The molecule has 0 unspecified atom stereocenters. The molecule has 5 nitrogen and oxygen atoms in total. The first-order valence-electron chi connectivity index (χ1n) is 9.43. The molecule has 1 saturated heterocycles. The molecule has 1 heterocycles. The van der Waals surface area contributed by atoms with Crippen molar-refractivity contribution >= 4 is 6.03 Å². The number of benzene rings is 1. The van der Waals surface area contributed by atoms with Gasteiger partial charge in [0.15, 0.2) is 0 Å². The van der Waals surface area contributed by atoms with Crippen molar-refractivity contribution in [1.82, 2.24) is 15.1 Å². The van der Waals surface area contributed by atoms with E-state index in [0.29, 0.717) is 24.4 Å². The highest BCUT2D eigenvalue weighted by Gasteiger charge is 2.56. The number of nitrogens with one attached hydrogen (secondary N) is 1. The molecule has 4 atom stereocenters. The monoisotopic (exact) mass is 343 g/mol. The maximum atomic E-state index is 12.7. The summed E-state index contributed by atoms with van der Waals surface area (Å²) in [5.41, 5.74) is 2.20. The van der Waals surface area contributed by atoms with E-state index in [1.54, 1.807) is 0 Å². The fourth-order valence-electron chi connectivity index (χ4n) is 4.80. The molecule has 1 aromatic rings. The predicted octanol–water partition coefficient (Wildman–Crippen LogP) is 1.81. The second-order valence-electron chi connectivity index (χ2n) is 8.66. The lowest BCUT2D eigenvalue weighted by Crippen LogP contribution is -2.58. The van der Waals surface area contributed by atoms with Gasteiger partial charge in [-0.25, -0.2) is 4.79 Å². The molecule has 5 heteroatoms. The molecule has 0 aromatic heterocycles. The van der Waals surface area contributed by atoms with E-state index in [2.05, 4.69) is 41.4 Å². The number of piperazine rings is 1. The number of rotatable bonds is 3. The molecule has 0 bridgehead atoms. The minimum atomic E-state index is -0.691. The van der Waals surface area contributed by atoms with Crippen LogP contribution in [0.2, 0.25) is 0 Å². The first kappa shape index (κ1) is 16.9. The molecule has 0 radical (unpaired) electrons. The summed E-state index contributed by atoms with van der Waals surface area (Å²) in [6, 6.07) is 9.18. The summed E-state index contributed by atoms with van der Waals surface area (Å²) in [5, 5.41) is 13.3. The number of carbonyl (C=O) groups excluding carboxylic acids is 1. The Morgan fingerprint density at radius 1 is 1.32 bits per heavy atom. The van der Waals surface area contributed by atoms with E-state index in [9.17, 15) is 9.90 Å². The number of hydrogen-bond acceptors (Lipinski definition) is 3. The Hall–Kier alpha value is -1.59. The number of amides is 2. The maximum Gasteiger partial charge on any atom is 0.317 e. The summed E-state index contributed by atoms with van der Waals surface area (Å²) < 4.78 is 0. The molecule has 1 aromatic carbocycles. The highest BCUT2D eigenvalue weighted by molar-refractivity contribution is 5.76. The molecule has 136 valence electrons. The van der Waals surface area contributed by atoms with Crippen LogP contribution in [0.4, 0.5) is 4.79 Å². The Balaban J connectivity index is 1.32. The average molecular weight is 343 g/mol. The highest BCUT2D eigenvalue weighted by atomic mass is 16.3. The van der Waals surface area contributed by atoms with Crippen LogP contribution in [0.1, 0.15) is 37.8 Å². The third kappa shape index (κ3) is 3.27. The Bertz CT molecular complexity index is 669. The van der Waals surface area contributed by atoms with Crippen LogP contribution < -0.4 is 5.32 Å². The first-order chi connectivity index (χ1) is 11.8. The van der Waals surface area contributed by atoms with Gasteiger partial charge in [0, 0.05) is 44.2 Å². The molecule has 2 aliphatic carbocycles. The molecule has 4 rings (SSSR count). The third-order valence-corrected chi connectivity index (χ3v) is 5.91. The van der Waals surface area contributed by atoms with E-state index in [4.69, 9.17) is 0 Å². The zero-order chi connectivity index (χ0) is 17.8. The Kier molecular flexibility index (Phi) is 4.04. The summed E-state index contributed by atoms with van der Waals surface area (Å²) in [4.78, 5) is 16.9. The highest BCUT2D eigenvalue weighted by Crippen LogP contribution is 2.56. The first-order valence-corrected chi connectivity index (χ1v) is 9.43. The van der Waals surface area contributed by atoms with Gasteiger partial charge in [0.05, 0.1) is 5.60 Å². The quantitative estimate of drug-likeness (QED) is 0.880. The summed E-state index contributed by atoms with van der Waals surface area (Å²) in [6.45, 7) is 8.78. The predicted molar refractivity (Wildman–Crippen MR) is 97.6 cm³/mol. The molecule has 2 N–H and O–H groups in total. The largest absolute Gasteiger partial charge is 0.389 e. The summed E-state index contributed by atoms with van der Waals surface area (Å²) in [5.74, 6) is 1.11. The molecule has 1 aliphatic heterocycles. The van der Waals surface area contributed by atoms with Gasteiger partial charge in [-0.3, -0.25) is 4.90 Å². The van der Waals surface area contributed by atoms with Crippen LogP contribution in [-0.4, -0.2) is 64.8 Å². The zero-order valence-corrected chi connectivity index (χ0v) is 15.4. The van der Waals surface area contributed by atoms with Gasteiger partial charge in [0.2, 0.25) is 0 Å². The average Bonchev–Trinajstić information content (AvgIpc) is 3.02. The van der Waals surface area contributed by atoms with Crippen LogP contribution in [0, 0.1) is 5.92 Å². The molecule has 1 saturated carbocycles. The smallest absolute Gasteiger partial charge is 0.317 e. The van der Waals surface area contributed by atoms with Crippen LogP contribution in [0.3, 0.4) is 0 Å². The van der Waals surface area contributed by atoms with Crippen molar-refractivity contribution < 1.29 is 9.90 Å².